The highest BCUT2D eigenvalue weighted by Gasteiger charge is 2.15. The second kappa shape index (κ2) is 6.66. The lowest BCUT2D eigenvalue weighted by Crippen LogP contribution is -2.05. The monoisotopic (exact) mass is 302 g/mol. The van der Waals surface area contributed by atoms with E-state index in [0.29, 0.717) is 17.9 Å². The quantitative estimate of drug-likeness (QED) is 0.649. The summed E-state index contributed by atoms with van der Waals surface area (Å²) in [4.78, 5) is 25.6. The van der Waals surface area contributed by atoms with Gasteiger partial charge in [0.1, 0.15) is 5.56 Å². The van der Waals surface area contributed by atoms with Crippen molar-refractivity contribution >= 4 is 11.7 Å². The number of carbonyl (C=O) groups is 1. The van der Waals surface area contributed by atoms with Crippen molar-refractivity contribution in [2.24, 2.45) is 0 Å². The maximum atomic E-state index is 11.3. The molecule has 114 valence electrons. The van der Waals surface area contributed by atoms with Crippen LogP contribution in [0.3, 0.4) is 0 Å². The average Bonchev–Trinajstić information content (AvgIpc) is 2.52. The highest BCUT2D eigenvalue weighted by atomic mass is 16.6. The van der Waals surface area contributed by atoms with Crippen LogP contribution in [0.15, 0.2) is 36.5 Å². The van der Waals surface area contributed by atoms with E-state index in [-0.39, 0.29) is 17.0 Å². The smallest absolute Gasteiger partial charge is 0.339 e. The molecule has 0 saturated carbocycles. The highest BCUT2D eigenvalue weighted by Crippen LogP contribution is 2.26. The molecule has 0 aliphatic carbocycles. The Balaban J connectivity index is 2.37. The van der Waals surface area contributed by atoms with Gasteiger partial charge in [-0.2, -0.15) is 0 Å². The normalized spacial score (nSPS) is 10.2. The van der Waals surface area contributed by atoms with Gasteiger partial charge in [0.05, 0.1) is 23.4 Å². The van der Waals surface area contributed by atoms with Crippen molar-refractivity contribution in [3.63, 3.8) is 0 Å². The molecule has 7 heteroatoms. The Kier molecular flexibility index (Phi) is 4.67. The van der Waals surface area contributed by atoms with Crippen LogP contribution in [0, 0.1) is 10.1 Å². The molecular weight excluding hydrogens is 288 g/mol. The molecule has 0 spiro atoms. The first-order chi connectivity index (χ1) is 10.5. The van der Waals surface area contributed by atoms with Gasteiger partial charge in [0, 0.05) is 17.7 Å². The summed E-state index contributed by atoms with van der Waals surface area (Å²) < 4.78 is 5.36. The second-order valence-corrected chi connectivity index (χ2v) is 4.52. The van der Waals surface area contributed by atoms with Crippen molar-refractivity contribution in [1.29, 1.82) is 0 Å². The zero-order chi connectivity index (χ0) is 16.1. The van der Waals surface area contributed by atoms with Gasteiger partial charge in [-0.1, -0.05) is 6.92 Å². The fraction of sp³-hybridized carbons (Fsp3) is 0.200. The van der Waals surface area contributed by atoms with Gasteiger partial charge in [-0.25, -0.2) is 4.79 Å². The number of carboxylic acid groups (broad SMARTS) is 1. The molecule has 22 heavy (non-hydrogen) atoms. The number of nitro groups is 1. The van der Waals surface area contributed by atoms with Crippen LogP contribution in [0.5, 0.6) is 5.75 Å². The van der Waals surface area contributed by atoms with Crippen LogP contribution in [-0.4, -0.2) is 27.6 Å². The molecule has 0 amide bonds. The number of benzene rings is 1. The predicted octanol–water partition coefficient (Wildman–Crippen LogP) is 3.14. The number of pyridine rings is 1. The van der Waals surface area contributed by atoms with Crippen molar-refractivity contribution in [3.05, 3.63) is 52.2 Å². The van der Waals surface area contributed by atoms with E-state index in [4.69, 9.17) is 4.74 Å². The van der Waals surface area contributed by atoms with E-state index in [1.807, 2.05) is 6.92 Å². The second-order valence-electron chi connectivity index (χ2n) is 4.52. The van der Waals surface area contributed by atoms with Gasteiger partial charge in [0.25, 0.3) is 5.69 Å². The van der Waals surface area contributed by atoms with Crippen LogP contribution < -0.4 is 4.74 Å². The lowest BCUT2D eigenvalue weighted by molar-refractivity contribution is -0.384. The van der Waals surface area contributed by atoms with E-state index in [0.717, 1.165) is 6.42 Å². The minimum atomic E-state index is -1.11. The summed E-state index contributed by atoms with van der Waals surface area (Å²) in [6.07, 6.45) is 2.11. The van der Waals surface area contributed by atoms with Crippen molar-refractivity contribution < 1.29 is 19.6 Å². The molecule has 0 fully saturated rings. The molecule has 0 saturated heterocycles. The Hall–Kier alpha value is -2.96. The first-order valence-corrected chi connectivity index (χ1v) is 6.64. The minimum Gasteiger partial charge on any atom is -0.491 e. The molecule has 0 aliphatic rings. The first-order valence-electron chi connectivity index (χ1n) is 6.64. The third-order valence-electron chi connectivity index (χ3n) is 2.93. The fourth-order valence-electron chi connectivity index (χ4n) is 1.85. The predicted molar refractivity (Wildman–Crippen MR) is 79.1 cm³/mol. The molecule has 2 aromatic rings. The first kappa shape index (κ1) is 15.4. The van der Waals surface area contributed by atoms with Crippen molar-refractivity contribution in [2.45, 2.75) is 13.3 Å². The molecule has 2 rings (SSSR count). The van der Waals surface area contributed by atoms with Gasteiger partial charge in [-0.05, 0) is 24.6 Å². The number of aromatic nitrogens is 1. The summed E-state index contributed by atoms with van der Waals surface area (Å²) in [5, 5.41) is 19.9. The molecule has 0 unspecified atom stereocenters. The van der Waals surface area contributed by atoms with E-state index in [1.165, 1.54) is 36.5 Å². The number of rotatable bonds is 6. The van der Waals surface area contributed by atoms with Gasteiger partial charge in [0.2, 0.25) is 0 Å². The van der Waals surface area contributed by atoms with Crippen molar-refractivity contribution in [3.8, 4) is 17.0 Å². The number of hydrogen-bond donors (Lipinski definition) is 1. The Morgan fingerprint density at radius 3 is 2.59 bits per heavy atom. The third-order valence-corrected chi connectivity index (χ3v) is 2.93. The molecule has 1 aromatic heterocycles. The molecule has 0 atom stereocenters. The van der Waals surface area contributed by atoms with Crippen LogP contribution in [0.4, 0.5) is 5.69 Å². The van der Waals surface area contributed by atoms with E-state index in [2.05, 4.69) is 4.98 Å². The number of non-ortho nitro benzene ring substituents is 1. The zero-order valence-corrected chi connectivity index (χ0v) is 11.9. The maximum Gasteiger partial charge on any atom is 0.339 e. The Bertz CT molecular complexity index is 698. The summed E-state index contributed by atoms with van der Waals surface area (Å²) in [5.74, 6) is -0.906. The number of ether oxygens (including phenoxy) is 1. The zero-order valence-electron chi connectivity index (χ0n) is 11.9. The molecule has 1 N–H and O–H groups in total. The number of aromatic carboxylic acids is 1. The average molecular weight is 302 g/mol. The SMILES string of the molecule is CCCOc1cnc(-c2ccc([N+](=O)[O-])cc2)cc1C(=O)O. The number of nitrogens with zero attached hydrogens (tertiary/aromatic N) is 2. The number of hydrogen-bond acceptors (Lipinski definition) is 5. The highest BCUT2D eigenvalue weighted by molar-refractivity contribution is 5.92. The third kappa shape index (κ3) is 3.38. The number of nitro benzene ring substituents is 1. The Morgan fingerprint density at radius 2 is 2.05 bits per heavy atom. The summed E-state index contributed by atoms with van der Waals surface area (Å²) in [6.45, 7) is 2.32. The summed E-state index contributed by atoms with van der Waals surface area (Å²) in [7, 11) is 0. The molecule has 7 nitrogen and oxygen atoms in total. The van der Waals surface area contributed by atoms with Gasteiger partial charge < -0.3 is 9.84 Å². The molecule has 1 aromatic carbocycles. The summed E-state index contributed by atoms with van der Waals surface area (Å²) in [6, 6.07) is 7.14. The van der Waals surface area contributed by atoms with Crippen LogP contribution >= 0.6 is 0 Å². The molecule has 1 heterocycles. The minimum absolute atomic E-state index is 0.0109. The molecule has 0 bridgehead atoms. The Labute approximate surface area is 126 Å². The largest absolute Gasteiger partial charge is 0.491 e. The van der Waals surface area contributed by atoms with Crippen molar-refractivity contribution in [1.82, 2.24) is 4.98 Å². The fourth-order valence-corrected chi connectivity index (χ4v) is 1.85. The van der Waals surface area contributed by atoms with E-state index in [9.17, 15) is 20.0 Å². The number of carboxylic acids is 1. The van der Waals surface area contributed by atoms with Crippen molar-refractivity contribution in [2.75, 3.05) is 6.61 Å². The van der Waals surface area contributed by atoms with Crippen LogP contribution in [0.2, 0.25) is 0 Å². The lowest BCUT2D eigenvalue weighted by Gasteiger charge is -2.09. The van der Waals surface area contributed by atoms with Crippen LogP contribution in [-0.2, 0) is 0 Å². The Morgan fingerprint density at radius 1 is 1.36 bits per heavy atom. The van der Waals surface area contributed by atoms with E-state index >= 15 is 0 Å². The van der Waals surface area contributed by atoms with Gasteiger partial charge in [-0.3, -0.25) is 15.1 Å². The van der Waals surface area contributed by atoms with E-state index in [1.54, 1.807) is 0 Å². The topological polar surface area (TPSA) is 103 Å². The molecule has 0 radical (unpaired) electrons. The van der Waals surface area contributed by atoms with Gasteiger partial charge in [-0.15, -0.1) is 0 Å². The van der Waals surface area contributed by atoms with Crippen LogP contribution in [0.25, 0.3) is 11.3 Å². The van der Waals surface area contributed by atoms with Gasteiger partial charge >= 0.3 is 5.97 Å². The van der Waals surface area contributed by atoms with Crippen LogP contribution in [0.1, 0.15) is 23.7 Å². The molecular formula is C15H14N2O5. The standard InChI is InChI=1S/C15H14N2O5/c1-2-7-22-14-9-16-13(8-12(14)15(18)19)10-3-5-11(6-4-10)17(20)21/h3-6,8-9H,2,7H2,1H3,(H,18,19). The van der Waals surface area contributed by atoms with E-state index < -0.39 is 10.9 Å². The lowest BCUT2D eigenvalue weighted by atomic mass is 10.1. The summed E-state index contributed by atoms with van der Waals surface area (Å²) >= 11 is 0. The summed E-state index contributed by atoms with van der Waals surface area (Å²) in [5.41, 5.74) is 0.980. The maximum absolute atomic E-state index is 11.3. The molecule has 0 aliphatic heterocycles. The van der Waals surface area contributed by atoms with Gasteiger partial charge in [0.15, 0.2) is 5.75 Å².